The summed E-state index contributed by atoms with van der Waals surface area (Å²) < 4.78 is 9.14. The number of rotatable bonds is 4. The number of benzene rings is 2. The maximum atomic E-state index is 6.10. The zero-order chi connectivity index (χ0) is 17.2. The summed E-state index contributed by atoms with van der Waals surface area (Å²) >= 11 is 9.21. The van der Waals surface area contributed by atoms with Crippen molar-refractivity contribution in [1.82, 2.24) is 4.98 Å². The van der Waals surface area contributed by atoms with Gasteiger partial charge in [-0.05, 0) is 60.8 Å². The van der Waals surface area contributed by atoms with Crippen molar-refractivity contribution >= 4 is 51.4 Å². The number of aromatic nitrogens is 1. The minimum absolute atomic E-state index is 0.656. The molecule has 0 saturated carbocycles. The van der Waals surface area contributed by atoms with Gasteiger partial charge in [-0.25, -0.2) is 4.98 Å². The van der Waals surface area contributed by atoms with Crippen molar-refractivity contribution in [2.45, 2.75) is 11.8 Å². The van der Waals surface area contributed by atoms with Crippen LogP contribution in [0.3, 0.4) is 0 Å². The third-order valence-electron chi connectivity index (χ3n) is 3.93. The van der Waals surface area contributed by atoms with Gasteiger partial charge in [0.1, 0.15) is 12.4 Å². The van der Waals surface area contributed by atoms with E-state index in [0.717, 1.165) is 44.3 Å². The highest BCUT2D eigenvalue weighted by molar-refractivity contribution is 8.00. The Morgan fingerprint density at radius 1 is 1.24 bits per heavy atom. The third kappa shape index (κ3) is 3.56. The van der Waals surface area contributed by atoms with Gasteiger partial charge in [0.15, 0.2) is 5.13 Å². The average Bonchev–Trinajstić information content (AvgIpc) is 3.13. The molecule has 0 amide bonds. The average molecular weight is 390 g/mol. The van der Waals surface area contributed by atoms with E-state index in [4.69, 9.17) is 16.3 Å². The first-order valence-corrected chi connectivity index (χ1v) is 9.91. The van der Waals surface area contributed by atoms with Crippen LogP contribution < -0.4 is 14.4 Å². The van der Waals surface area contributed by atoms with E-state index in [9.17, 15) is 0 Å². The molecule has 3 aromatic rings. The molecule has 0 fully saturated rings. The quantitative estimate of drug-likeness (QED) is 0.574. The number of aryl methyl sites for hydroxylation is 1. The minimum Gasteiger partial charge on any atom is -0.489 e. The second-order valence-corrected chi connectivity index (χ2v) is 7.81. The largest absolute Gasteiger partial charge is 0.489 e. The Morgan fingerprint density at radius 2 is 2.12 bits per heavy atom. The van der Waals surface area contributed by atoms with Gasteiger partial charge >= 0.3 is 0 Å². The first kappa shape index (κ1) is 16.6. The summed E-state index contributed by atoms with van der Waals surface area (Å²) in [6.45, 7) is 3.56. The normalized spacial score (nSPS) is 13.3. The molecule has 2 heterocycles. The number of halogens is 1. The van der Waals surface area contributed by atoms with E-state index >= 15 is 0 Å². The van der Waals surface area contributed by atoms with E-state index in [0.29, 0.717) is 6.61 Å². The van der Waals surface area contributed by atoms with Gasteiger partial charge in [0, 0.05) is 27.2 Å². The smallest absolute Gasteiger partial charge is 0.192 e. The molecule has 1 aliphatic rings. The van der Waals surface area contributed by atoms with Gasteiger partial charge in [-0.3, -0.25) is 0 Å². The Morgan fingerprint density at radius 3 is 2.92 bits per heavy atom. The third-order valence-corrected chi connectivity index (χ3v) is 5.77. The second-order valence-electron chi connectivity index (χ2n) is 5.60. The lowest BCUT2D eigenvalue weighted by Gasteiger charge is -2.32. The van der Waals surface area contributed by atoms with Crippen LogP contribution in [0.4, 0.5) is 16.5 Å². The standard InChI is InChI=1S/C18H16ClN3OS2/c1-12-10-13(19)2-4-15(12)22-7-8-23-17-11-14(3-5-16(17)22)25-21-18-20-6-9-24-18/h2-6,9-11H,7-8H2,1H3,(H,20,21). The molecule has 25 heavy (non-hydrogen) atoms. The van der Waals surface area contributed by atoms with Crippen LogP contribution in [0.25, 0.3) is 0 Å². The first-order valence-electron chi connectivity index (χ1n) is 7.83. The fraction of sp³-hybridized carbons (Fsp3) is 0.167. The van der Waals surface area contributed by atoms with E-state index in [1.54, 1.807) is 17.5 Å². The zero-order valence-corrected chi connectivity index (χ0v) is 15.9. The van der Waals surface area contributed by atoms with Crippen molar-refractivity contribution in [1.29, 1.82) is 0 Å². The predicted octanol–water partition coefficient (Wildman–Crippen LogP) is 5.75. The molecule has 7 heteroatoms. The highest BCUT2D eigenvalue weighted by Crippen LogP contribution is 2.40. The van der Waals surface area contributed by atoms with Gasteiger partial charge in [0.05, 0.1) is 12.2 Å². The lowest BCUT2D eigenvalue weighted by atomic mass is 10.1. The fourth-order valence-corrected chi connectivity index (χ4v) is 4.29. The zero-order valence-electron chi connectivity index (χ0n) is 13.5. The highest BCUT2D eigenvalue weighted by Gasteiger charge is 2.21. The van der Waals surface area contributed by atoms with Crippen molar-refractivity contribution in [2.75, 3.05) is 22.8 Å². The molecule has 4 nitrogen and oxygen atoms in total. The van der Waals surface area contributed by atoms with Crippen molar-refractivity contribution in [3.63, 3.8) is 0 Å². The van der Waals surface area contributed by atoms with Crippen LogP contribution in [-0.4, -0.2) is 18.1 Å². The summed E-state index contributed by atoms with van der Waals surface area (Å²) in [5.74, 6) is 0.895. The van der Waals surface area contributed by atoms with E-state index < -0.39 is 0 Å². The number of hydrogen-bond acceptors (Lipinski definition) is 6. The number of nitrogens with zero attached hydrogens (tertiary/aromatic N) is 2. The fourth-order valence-electron chi connectivity index (χ4n) is 2.81. The van der Waals surface area contributed by atoms with Gasteiger partial charge in [0.25, 0.3) is 0 Å². The molecule has 1 N–H and O–H groups in total. The molecule has 0 unspecified atom stereocenters. The summed E-state index contributed by atoms with van der Waals surface area (Å²) in [7, 11) is 0. The predicted molar refractivity (Wildman–Crippen MR) is 107 cm³/mol. The Labute approximate surface area is 159 Å². The Bertz CT molecular complexity index is 886. The lowest BCUT2D eigenvalue weighted by molar-refractivity contribution is 0.313. The van der Waals surface area contributed by atoms with Gasteiger partial charge in [-0.1, -0.05) is 11.6 Å². The maximum Gasteiger partial charge on any atom is 0.192 e. The molecule has 0 spiro atoms. The number of anilines is 3. The summed E-state index contributed by atoms with van der Waals surface area (Å²) in [5.41, 5.74) is 3.40. The summed E-state index contributed by atoms with van der Waals surface area (Å²) in [6.07, 6.45) is 1.79. The molecule has 0 aliphatic carbocycles. The number of nitrogens with one attached hydrogen (secondary N) is 1. The maximum absolute atomic E-state index is 6.10. The topological polar surface area (TPSA) is 37.4 Å². The van der Waals surface area contributed by atoms with E-state index in [1.807, 2.05) is 17.5 Å². The number of fused-ring (bicyclic) bond motifs is 1. The highest BCUT2D eigenvalue weighted by atomic mass is 35.5. The van der Waals surface area contributed by atoms with Gasteiger partial charge in [0.2, 0.25) is 0 Å². The van der Waals surface area contributed by atoms with Gasteiger partial charge in [-0.15, -0.1) is 11.3 Å². The molecule has 0 radical (unpaired) electrons. The molecule has 1 aromatic heterocycles. The summed E-state index contributed by atoms with van der Waals surface area (Å²) in [5, 5.41) is 3.60. The molecule has 0 atom stereocenters. The molecule has 0 bridgehead atoms. The van der Waals surface area contributed by atoms with Gasteiger partial charge < -0.3 is 14.4 Å². The van der Waals surface area contributed by atoms with Crippen molar-refractivity contribution in [2.24, 2.45) is 0 Å². The molecular weight excluding hydrogens is 374 g/mol. The lowest BCUT2D eigenvalue weighted by Crippen LogP contribution is -2.29. The number of ether oxygens (including phenoxy) is 1. The number of hydrogen-bond donors (Lipinski definition) is 1. The van der Waals surface area contributed by atoms with E-state index in [2.05, 4.69) is 45.8 Å². The van der Waals surface area contributed by atoms with Crippen LogP contribution in [0.1, 0.15) is 5.56 Å². The molecular formula is C18H16ClN3OS2. The first-order chi connectivity index (χ1) is 12.2. The Kier molecular flexibility index (Phi) is 4.74. The van der Waals surface area contributed by atoms with Crippen molar-refractivity contribution in [3.05, 3.63) is 58.6 Å². The molecule has 128 valence electrons. The Balaban J connectivity index is 1.59. The molecule has 0 saturated heterocycles. The van der Waals surface area contributed by atoms with Gasteiger partial charge in [-0.2, -0.15) is 0 Å². The molecule has 2 aromatic carbocycles. The molecule has 4 rings (SSSR count). The second kappa shape index (κ2) is 7.15. The minimum atomic E-state index is 0.656. The van der Waals surface area contributed by atoms with Crippen molar-refractivity contribution < 1.29 is 4.74 Å². The summed E-state index contributed by atoms with van der Waals surface area (Å²) in [6, 6.07) is 12.3. The van der Waals surface area contributed by atoms with Crippen LogP contribution in [0, 0.1) is 6.92 Å². The van der Waals surface area contributed by atoms with Crippen LogP contribution in [0.15, 0.2) is 52.9 Å². The van der Waals surface area contributed by atoms with Crippen molar-refractivity contribution in [3.8, 4) is 5.75 Å². The SMILES string of the molecule is Cc1cc(Cl)ccc1N1CCOc2cc(SNc3nccs3)ccc21. The summed E-state index contributed by atoms with van der Waals surface area (Å²) in [4.78, 5) is 7.60. The van der Waals surface area contributed by atoms with E-state index in [1.165, 1.54) is 11.9 Å². The van der Waals surface area contributed by atoms with Crippen LogP contribution in [0.2, 0.25) is 5.02 Å². The Hall–Kier alpha value is -1.89. The van der Waals surface area contributed by atoms with E-state index in [-0.39, 0.29) is 0 Å². The van der Waals surface area contributed by atoms with Crippen LogP contribution >= 0.6 is 34.9 Å². The monoisotopic (exact) mass is 389 g/mol. The van der Waals surface area contributed by atoms with Crippen LogP contribution in [0.5, 0.6) is 5.75 Å². The number of thiazole rings is 1. The van der Waals surface area contributed by atoms with Crippen LogP contribution in [-0.2, 0) is 0 Å². The molecule has 1 aliphatic heterocycles.